The van der Waals surface area contributed by atoms with E-state index in [1.54, 1.807) is 0 Å². The van der Waals surface area contributed by atoms with Gasteiger partial charge in [-0.2, -0.15) is 0 Å². The molecule has 1 aliphatic rings. The van der Waals surface area contributed by atoms with Gasteiger partial charge in [-0.05, 0) is 44.6 Å². The molecule has 3 heteroatoms. The van der Waals surface area contributed by atoms with Crippen LogP contribution in [-0.2, 0) is 0 Å². The fourth-order valence-electron chi connectivity index (χ4n) is 2.98. The minimum Gasteiger partial charge on any atom is -0.391 e. The third kappa shape index (κ3) is 5.32. The predicted molar refractivity (Wildman–Crippen MR) is 92.1 cm³/mol. The lowest BCUT2D eigenvalue weighted by Crippen LogP contribution is -2.29. The van der Waals surface area contributed by atoms with Crippen molar-refractivity contribution in [2.75, 3.05) is 20.6 Å². The highest BCUT2D eigenvalue weighted by Gasteiger charge is 2.18. The van der Waals surface area contributed by atoms with Crippen molar-refractivity contribution in [1.29, 1.82) is 0 Å². The Morgan fingerprint density at radius 1 is 1.14 bits per heavy atom. The van der Waals surface area contributed by atoms with Crippen molar-refractivity contribution in [3.63, 3.8) is 0 Å². The van der Waals surface area contributed by atoms with E-state index in [9.17, 15) is 5.11 Å². The van der Waals surface area contributed by atoms with Crippen molar-refractivity contribution < 1.29 is 5.11 Å². The summed E-state index contributed by atoms with van der Waals surface area (Å²) in [6.07, 6.45) is 6.62. The lowest BCUT2D eigenvalue weighted by Gasteiger charge is -2.23. The Bertz CT molecular complexity index is 412. The van der Waals surface area contributed by atoms with Crippen LogP contribution in [0.15, 0.2) is 29.2 Å². The van der Waals surface area contributed by atoms with Crippen molar-refractivity contribution in [2.24, 2.45) is 0 Å². The van der Waals surface area contributed by atoms with Crippen LogP contribution in [0.5, 0.6) is 0 Å². The van der Waals surface area contributed by atoms with Crippen molar-refractivity contribution in [3.05, 3.63) is 29.8 Å². The van der Waals surface area contributed by atoms with Gasteiger partial charge >= 0.3 is 0 Å². The second kappa shape index (κ2) is 8.21. The summed E-state index contributed by atoms with van der Waals surface area (Å²) < 4.78 is 0. The van der Waals surface area contributed by atoms with Crippen LogP contribution in [0.3, 0.4) is 0 Å². The molecule has 0 heterocycles. The van der Waals surface area contributed by atoms with Gasteiger partial charge < -0.3 is 10.0 Å². The Labute approximate surface area is 133 Å². The van der Waals surface area contributed by atoms with Crippen molar-refractivity contribution in [2.45, 2.75) is 61.2 Å². The topological polar surface area (TPSA) is 23.5 Å². The number of aliphatic hydroxyl groups is 1. The summed E-state index contributed by atoms with van der Waals surface area (Å²) in [4.78, 5) is 3.41. The van der Waals surface area contributed by atoms with Crippen molar-refractivity contribution in [1.82, 2.24) is 4.90 Å². The van der Waals surface area contributed by atoms with Crippen molar-refractivity contribution in [3.8, 4) is 0 Å². The number of hydrogen-bond acceptors (Lipinski definition) is 3. The smallest absolute Gasteiger partial charge is 0.0732 e. The molecule has 1 aliphatic carbocycles. The molecule has 0 saturated heterocycles. The van der Waals surface area contributed by atoms with Crippen LogP contribution in [0.4, 0.5) is 0 Å². The van der Waals surface area contributed by atoms with Gasteiger partial charge in [-0.25, -0.2) is 0 Å². The van der Waals surface area contributed by atoms with E-state index in [0.29, 0.717) is 6.54 Å². The van der Waals surface area contributed by atoms with E-state index in [0.717, 1.165) is 5.25 Å². The highest BCUT2D eigenvalue weighted by Crippen LogP contribution is 2.34. The van der Waals surface area contributed by atoms with E-state index < -0.39 is 0 Å². The largest absolute Gasteiger partial charge is 0.391 e. The first-order valence-corrected chi connectivity index (χ1v) is 9.03. The highest BCUT2D eigenvalue weighted by molar-refractivity contribution is 8.00. The van der Waals surface area contributed by atoms with E-state index in [-0.39, 0.29) is 12.0 Å². The summed E-state index contributed by atoms with van der Waals surface area (Å²) in [6, 6.07) is 8.84. The fraction of sp³-hybridized carbons (Fsp3) is 0.667. The summed E-state index contributed by atoms with van der Waals surface area (Å²) in [5.41, 5.74) is 1.23. The monoisotopic (exact) mass is 307 g/mol. The number of nitrogens with zero attached hydrogens (tertiary/aromatic N) is 1. The molecule has 0 aromatic heterocycles. The van der Waals surface area contributed by atoms with Gasteiger partial charge in [0.2, 0.25) is 0 Å². The van der Waals surface area contributed by atoms with Gasteiger partial charge in [-0.15, -0.1) is 11.8 Å². The van der Waals surface area contributed by atoms with Gasteiger partial charge in [0.1, 0.15) is 0 Å². The SMILES string of the molecule is CC(c1ccc(SC2CCCCC2)cc1)C(O)CN(C)C. The maximum absolute atomic E-state index is 10.2. The molecule has 2 unspecified atom stereocenters. The second-order valence-corrected chi connectivity index (χ2v) is 7.94. The molecule has 0 radical (unpaired) electrons. The molecule has 1 aromatic carbocycles. The first kappa shape index (κ1) is 16.9. The minimum absolute atomic E-state index is 0.182. The lowest BCUT2D eigenvalue weighted by molar-refractivity contribution is 0.115. The first-order valence-electron chi connectivity index (χ1n) is 8.15. The van der Waals surface area contributed by atoms with E-state index >= 15 is 0 Å². The summed E-state index contributed by atoms with van der Waals surface area (Å²) in [6.45, 7) is 2.82. The first-order chi connectivity index (χ1) is 10.1. The number of aliphatic hydroxyl groups excluding tert-OH is 1. The van der Waals surface area contributed by atoms with Crippen molar-refractivity contribution >= 4 is 11.8 Å². The van der Waals surface area contributed by atoms with E-state index in [2.05, 4.69) is 31.2 Å². The molecule has 0 aliphatic heterocycles. The van der Waals surface area contributed by atoms with Crippen LogP contribution in [0.1, 0.15) is 50.5 Å². The highest BCUT2D eigenvalue weighted by atomic mass is 32.2. The molecule has 2 rings (SSSR count). The molecule has 2 nitrogen and oxygen atoms in total. The van der Waals surface area contributed by atoms with Crippen LogP contribution < -0.4 is 0 Å². The molecule has 1 aromatic rings. The molecule has 0 amide bonds. The number of likely N-dealkylation sites (N-methyl/N-ethyl adjacent to an activating group) is 1. The zero-order valence-electron chi connectivity index (χ0n) is 13.6. The molecule has 1 N–H and O–H groups in total. The Morgan fingerprint density at radius 2 is 1.76 bits per heavy atom. The van der Waals surface area contributed by atoms with Gasteiger partial charge in [-0.3, -0.25) is 0 Å². The van der Waals surface area contributed by atoms with Gasteiger partial charge in [0, 0.05) is 22.6 Å². The van der Waals surface area contributed by atoms with Crippen LogP contribution in [0.2, 0.25) is 0 Å². The average Bonchev–Trinajstić information content (AvgIpc) is 2.47. The average molecular weight is 308 g/mol. The van der Waals surface area contributed by atoms with E-state index in [1.807, 2.05) is 30.8 Å². The third-order valence-electron chi connectivity index (χ3n) is 4.39. The van der Waals surface area contributed by atoms with E-state index in [4.69, 9.17) is 0 Å². The standard InChI is InChI=1S/C18H29NOS/c1-14(18(20)13-19(2)3)15-9-11-17(12-10-15)21-16-7-5-4-6-8-16/h9-12,14,16,18,20H,4-8,13H2,1-3H3. The van der Waals surface area contributed by atoms with E-state index in [1.165, 1.54) is 42.6 Å². The molecule has 0 spiro atoms. The number of hydrogen-bond donors (Lipinski definition) is 1. The molecule has 0 bridgehead atoms. The maximum Gasteiger partial charge on any atom is 0.0732 e. The molecular formula is C18H29NOS. The number of thioether (sulfide) groups is 1. The zero-order valence-corrected chi connectivity index (χ0v) is 14.4. The summed E-state index contributed by atoms with van der Waals surface area (Å²) in [7, 11) is 4.00. The summed E-state index contributed by atoms with van der Waals surface area (Å²) in [5.74, 6) is 0.182. The Morgan fingerprint density at radius 3 is 2.33 bits per heavy atom. The number of rotatable bonds is 6. The molecule has 1 saturated carbocycles. The van der Waals surface area contributed by atoms with Crippen LogP contribution >= 0.6 is 11.8 Å². The zero-order chi connectivity index (χ0) is 15.2. The third-order valence-corrected chi connectivity index (χ3v) is 5.74. The minimum atomic E-state index is -0.308. The maximum atomic E-state index is 10.2. The molecule has 1 fully saturated rings. The predicted octanol–water partition coefficient (Wildman–Crippen LogP) is 4.14. The molecule has 118 valence electrons. The van der Waals surface area contributed by atoms with Crippen LogP contribution in [-0.4, -0.2) is 42.0 Å². The van der Waals surface area contributed by atoms with Crippen LogP contribution in [0, 0.1) is 0 Å². The molecule has 21 heavy (non-hydrogen) atoms. The quantitative estimate of drug-likeness (QED) is 0.854. The van der Waals surface area contributed by atoms with Crippen LogP contribution in [0.25, 0.3) is 0 Å². The Hall–Kier alpha value is -0.510. The van der Waals surface area contributed by atoms with Gasteiger partial charge in [0.25, 0.3) is 0 Å². The van der Waals surface area contributed by atoms with Gasteiger partial charge in [0.05, 0.1) is 6.10 Å². The molecular weight excluding hydrogens is 278 g/mol. The molecule has 2 atom stereocenters. The Kier molecular flexibility index (Phi) is 6.59. The second-order valence-electron chi connectivity index (χ2n) is 6.57. The van der Waals surface area contributed by atoms with Gasteiger partial charge in [-0.1, -0.05) is 38.3 Å². The fourth-order valence-corrected chi connectivity index (χ4v) is 4.23. The summed E-state index contributed by atoms with van der Waals surface area (Å²) in [5, 5.41) is 11.0. The Balaban J connectivity index is 1.91. The lowest BCUT2D eigenvalue weighted by atomic mass is 9.95. The normalized spacial score (nSPS) is 19.7. The number of benzene rings is 1. The van der Waals surface area contributed by atoms with Gasteiger partial charge in [0.15, 0.2) is 0 Å². The summed E-state index contributed by atoms with van der Waals surface area (Å²) >= 11 is 2.03.